The van der Waals surface area contributed by atoms with Gasteiger partial charge in [-0.3, -0.25) is 4.79 Å². The zero-order chi connectivity index (χ0) is 17.2. The summed E-state index contributed by atoms with van der Waals surface area (Å²) in [4.78, 5) is 12.7. The van der Waals surface area contributed by atoms with Crippen molar-refractivity contribution in [2.45, 2.75) is 32.3 Å². The van der Waals surface area contributed by atoms with Crippen LogP contribution in [0.5, 0.6) is 23.0 Å². The highest BCUT2D eigenvalue weighted by Crippen LogP contribution is 2.43. The Bertz CT molecular complexity index is 1060. The van der Waals surface area contributed by atoms with Crippen molar-refractivity contribution in [2.24, 2.45) is 0 Å². The SMILES string of the molecule is CC1(C)CCc2c(cc3oc4c(O)c(O)ccc4c(=O)c3c2O)O1. The summed E-state index contributed by atoms with van der Waals surface area (Å²) in [5, 5.41) is 30.3. The Morgan fingerprint density at radius 3 is 2.62 bits per heavy atom. The number of ether oxygens (including phenoxy) is 1. The van der Waals surface area contributed by atoms with Crippen molar-refractivity contribution >= 4 is 21.9 Å². The largest absolute Gasteiger partial charge is 0.507 e. The lowest BCUT2D eigenvalue weighted by atomic mass is 9.92. The van der Waals surface area contributed by atoms with Gasteiger partial charge in [-0.1, -0.05) is 0 Å². The predicted molar refractivity (Wildman–Crippen MR) is 88.0 cm³/mol. The molecule has 0 saturated carbocycles. The van der Waals surface area contributed by atoms with Gasteiger partial charge in [-0.05, 0) is 38.8 Å². The Balaban J connectivity index is 2.13. The van der Waals surface area contributed by atoms with Gasteiger partial charge >= 0.3 is 0 Å². The molecule has 3 N–H and O–H groups in total. The van der Waals surface area contributed by atoms with Crippen molar-refractivity contribution in [2.75, 3.05) is 0 Å². The highest BCUT2D eigenvalue weighted by molar-refractivity contribution is 5.97. The van der Waals surface area contributed by atoms with Gasteiger partial charge in [-0.25, -0.2) is 0 Å². The van der Waals surface area contributed by atoms with E-state index in [9.17, 15) is 20.1 Å². The summed E-state index contributed by atoms with van der Waals surface area (Å²) in [6, 6.07) is 4.12. The zero-order valence-corrected chi connectivity index (χ0v) is 13.2. The van der Waals surface area contributed by atoms with Gasteiger partial charge in [0.1, 0.15) is 28.1 Å². The molecule has 1 aliphatic heterocycles. The van der Waals surface area contributed by atoms with Crippen molar-refractivity contribution in [1.82, 2.24) is 0 Å². The number of hydrogen-bond donors (Lipinski definition) is 3. The fourth-order valence-electron chi connectivity index (χ4n) is 3.16. The van der Waals surface area contributed by atoms with Gasteiger partial charge in [-0.15, -0.1) is 0 Å². The van der Waals surface area contributed by atoms with Crippen molar-refractivity contribution in [1.29, 1.82) is 0 Å². The standard InChI is InChI=1S/C18H16O6/c1-18(2)6-5-8-11(24-18)7-12-13(14(8)20)15(21)9-3-4-10(19)16(22)17(9)23-12/h3-4,7,19-20,22H,5-6H2,1-2H3. The van der Waals surface area contributed by atoms with Gasteiger partial charge in [0.05, 0.1) is 5.39 Å². The predicted octanol–water partition coefficient (Wildman–Crippen LogP) is 3.17. The number of hydrogen-bond acceptors (Lipinski definition) is 6. The first-order valence-corrected chi connectivity index (χ1v) is 7.64. The first-order valence-electron chi connectivity index (χ1n) is 7.64. The Morgan fingerprint density at radius 2 is 1.88 bits per heavy atom. The van der Waals surface area contributed by atoms with E-state index >= 15 is 0 Å². The molecule has 3 aromatic rings. The molecule has 0 bridgehead atoms. The first-order chi connectivity index (χ1) is 11.3. The maximum Gasteiger partial charge on any atom is 0.204 e. The minimum Gasteiger partial charge on any atom is -0.507 e. The van der Waals surface area contributed by atoms with E-state index in [-0.39, 0.29) is 39.0 Å². The topological polar surface area (TPSA) is 100 Å². The third kappa shape index (κ3) is 1.92. The molecule has 0 spiro atoms. The summed E-state index contributed by atoms with van der Waals surface area (Å²) >= 11 is 0. The fraction of sp³-hybridized carbons (Fsp3) is 0.278. The molecule has 0 radical (unpaired) electrons. The molecule has 0 aliphatic carbocycles. The summed E-state index contributed by atoms with van der Waals surface area (Å²) in [6.07, 6.45) is 1.30. The average Bonchev–Trinajstić information content (AvgIpc) is 2.50. The number of fused-ring (bicyclic) bond motifs is 3. The van der Waals surface area contributed by atoms with E-state index in [2.05, 4.69) is 0 Å². The first kappa shape index (κ1) is 14.7. The van der Waals surface area contributed by atoms with E-state index < -0.39 is 11.2 Å². The maximum atomic E-state index is 12.7. The van der Waals surface area contributed by atoms with Gasteiger partial charge in [0.15, 0.2) is 11.3 Å². The van der Waals surface area contributed by atoms with Crippen molar-refractivity contribution in [3.8, 4) is 23.0 Å². The summed E-state index contributed by atoms with van der Waals surface area (Å²) in [7, 11) is 0. The lowest BCUT2D eigenvalue weighted by Crippen LogP contribution is -2.32. The van der Waals surface area contributed by atoms with Gasteiger partial charge in [0.25, 0.3) is 0 Å². The minimum atomic E-state index is -0.509. The monoisotopic (exact) mass is 328 g/mol. The van der Waals surface area contributed by atoms with Crippen LogP contribution in [-0.2, 0) is 6.42 Å². The molecule has 1 aliphatic rings. The lowest BCUT2D eigenvalue weighted by Gasteiger charge is -2.32. The van der Waals surface area contributed by atoms with Crippen LogP contribution in [0.15, 0.2) is 27.4 Å². The number of benzene rings is 2. The molecule has 6 nitrogen and oxygen atoms in total. The van der Waals surface area contributed by atoms with Crippen LogP contribution in [0, 0.1) is 0 Å². The molecule has 24 heavy (non-hydrogen) atoms. The number of rotatable bonds is 0. The summed E-state index contributed by atoms with van der Waals surface area (Å²) in [6.45, 7) is 3.88. The van der Waals surface area contributed by atoms with E-state index in [1.807, 2.05) is 13.8 Å². The Labute approximate surface area is 136 Å². The van der Waals surface area contributed by atoms with Gasteiger partial charge in [0, 0.05) is 11.6 Å². The van der Waals surface area contributed by atoms with Crippen LogP contribution in [0.25, 0.3) is 21.9 Å². The Kier molecular flexibility index (Phi) is 2.79. The van der Waals surface area contributed by atoms with E-state index in [0.717, 1.165) is 0 Å². The minimum absolute atomic E-state index is 0.0506. The fourth-order valence-corrected chi connectivity index (χ4v) is 3.16. The third-order valence-electron chi connectivity index (χ3n) is 4.49. The second-order valence-corrected chi connectivity index (χ2v) is 6.68. The molecule has 0 atom stereocenters. The molecule has 2 aromatic carbocycles. The smallest absolute Gasteiger partial charge is 0.204 e. The number of phenolic OH excluding ortho intramolecular Hbond substituents is 3. The molecule has 4 rings (SSSR count). The lowest BCUT2D eigenvalue weighted by molar-refractivity contribution is 0.0839. The molecule has 1 aromatic heterocycles. The normalized spacial score (nSPS) is 16.1. The van der Waals surface area contributed by atoms with Crippen LogP contribution in [0.1, 0.15) is 25.8 Å². The second kappa shape index (κ2) is 4.56. The summed E-state index contributed by atoms with van der Waals surface area (Å²) < 4.78 is 11.5. The average molecular weight is 328 g/mol. The molecular weight excluding hydrogens is 312 g/mol. The molecule has 6 heteroatoms. The molecule has 0 unspecified atom stereocenters. The Morgan fingerprint density at radius 1 is 1.12 bits per heavy atom. The summed E-state index contributed by atoms with van der Waals surface area (Å²) in [5.74, 6) is -0.589. The van der Waals surface area contributed by atoms with Gasteiger partial charge in [-0.2, -0.15) is 0 Å². The van der Waals surface area contributed by atoms with Gasteiger partial charge in [0.2, 0.25) is 11.2 Å². The van der Waals surface area contributed by atoms with Crippen LogP contribution < -0.4 is 10.2 Å². The Hall–Kier alpha value is -2.89. The number of aromatic hydroxyl groups is 3. The van der Waals surface area contributed by atoms with E-state index in [4.69, 9.17) is 9.15 Å². The maximum absolute atomic E-state index is 12.7. The molecule has 124 valence electrons. The van der Waals surface area contributed by atoms with E-state index in [1.54, 1.807) is 6.07 Å². The summed E-state index contributed by atoms with van der Waals surface area (Å²) in [5.41, 5.74) is -0.294. The van der Waals surface area contributed by atoms with Crippen LogP contribution in [0.3, 0.4) is 0 Å². The molecule has 2 heterocycles. The van der Waals surface area contributed by atoms with Crippen molar-refractivity contribution < 1.29 is 24.5 Å². The highest BCUT2D eigenvalue weighted by atomic mass is 16.5. The van der Waals surface area contributed by atoms with E-state index in [0.29, 0.717) is 24.2 Å². The van der Waals surface area contributed by atoms with Crippen LogP contribution in [-0.4, -0.2) is 20.9 Å². The molecule has 0 amide bonds. The third-order valence-corrected chi connectivity index (χ3v) is 4.49. The van der Waals surface area contributed by atoms with Crippen LogP contribution in [0.2, 0.25) is 0 Å². The van der Waals surface area contributed by atoms with Crippen molar-refractivity contribution in [3.63, 3.8) is 0 Å². The zero-order valence-electron chi connectivity index (χ0n) is 13.2. The number of phenols is 3. The van der Waals surface area contributed by atoms with Crippen LogP contribution in [0.4, 0.5) is 0 Å². The van der Waals surface area contributed by atoms with Crippen molar-refractivity contribution in [3.05, 3.63) is 34.0 Å². The molecule has 0 fully saturated rings. The second-order valence-electron chi connectivity index (χ2n) is 6.68. The molecule has 0 saturated heterocycles. The van der Waals surface area contributed by atoms with E-state index in [1.165, 1.54) is 12.1 Å². The highest BCUT2D eigenvalue weighted by Gasteiger charge is 2.30. The van der Waals surface area contributed by atoms with Gasteiger partial charge < -0.3 is 24.5 Å². The van der Waals surface area contributed by atoms with Crippen LogP contribution >= 0.6 is 0 Å². The quantitative estimate of drug-likeness (QED) is 0.433. The molecular formula is C18H16O6.